The van der Waals surface area contributed by atoms with Crippen molar-refractivity contribution in [2.75, 3.05) is 6.61 Å². The van der Waals surface area contributed by atoms with Crippen LogP contribution in [0.4, 0.5) is 0 Å². The van der Waals surface area contributed by atoms with E-state index in [1.165, 1.54) is 5.56 Å². The molecule has 1 atom stereocenters. The maximum atomic E-state index is 6.34. The van der Waals surface area contributed by atoms with E-state index in [2.05, 4.69) is 25.7 Å². The summed E-state index contributed by atoms with van der Waals surface area (Å²) in [4.78, 5) is 0. The number of ether oxygens (including phenoxy) is 1. The van der Waals surface area contributed by atoms with E-state index >= 15 is 0 Å². The molecule has 0 spiro atoms. The minimum atomic E-state index is 0.331. The molecule has 0 fully saturated rings. The van der Waals surface area contributed by atoms with Crippen molar-refractivity contribution in [3.63, 3.8) is 0 Å². The minimum absolute atomic E-state index is 0.331. The molecular formula is C16H21ClO. The van der Waals surface area contributed by atoms with Gasteiger partial charge in [-0.25, -0.2) is 0 Å². The molecule has 2 heteroatoms. The second-order valence-corrected chi connectivity index (χ2v) is 4.89. The van der Waals surface area contributed by atoms with Gasteiger partial charge in [0, 0.05) is 17.0 Å². The molecule has 0 amide bonds. The number of hydrogen-bond donors (Lipinski definition) is 0. The van der Waals surface area contributed by atoms with Gasteiger partial charge < -0.3 is 4.74 Å². The molecule has 0 N–H and O–H groups in total. The van der Waals surface area contributed by atoms with Gasteiger partial charge in [-0.05, 0) is 50.8 Å². The molecule has 0 saturated heterocycles. The van der Waals surface area contributed by atoms with E-state index < -0.39 is 0 Å². The van der Waals surface area contributed by atoms with Gasteiger partial charge in [-0.1, -0.05) is 18.5 Å². The van der Waals surface area contributed by atoms with Crippen LogP contribution in [0, 0.1) is 25.7 Å². The Morgan fingerprint density at radius 2 is 2.06 bits per heavy atom. The topological polar surface area (TPSA) is 9.23 Å². The van der Waals surface area contributed by atoms with Gasteiger partial charge in [0.2, 0.25) is 0 Å². The number of hydrogen-bond acceptors (Lipinski definition) is 1. The fourth-order valence-electron chi connectivity index (χ4n) is 2.18. The third-order valence-electron chi connectivity index (χ3n) is 3.07. The Hall–Kier alpha value is -1.13. The fraction of sp³-hybridized carbons (Fsp3) is 0.500. The molecule has 0 bridgehead atoms. The first-order chi connectivity index (χ1) is 8.52. The van der Waals surface area contributed by atoms with Crippen LogP contribution in [0.5, 0.6) is 5.75 Å². The van der Waals surface area contributed by atoms with E-state index in [0.717, 1.165) is 28.3 Å². The van der Waals surface area contributed by atoms with Gasteiger partial charge in [0.05, 0.1) is 6.61 Å². The van der Waals surface area contributed by atoms with Crippen molar-refractivity contribution >= 4 is 11.6 Å². The lowest BCUT2D eigenvalue weighted by molar-refractivity contribution is 0.334. The summed E-state index contributed by atoms with van der Waals surface area (Å²) in [5, 5.41) is 0.838. The van der Waals surface area contributed by atoms with Crippen molar-refractivity contribution in [3.8, 4) is 17.6 Å². The molecule has 1 aromatic rings. The zero-order valence-electron chi connectivity index (χ0n) is 11.9. The van der Waals surface area contributed by atoms with Crippen LogP contribution in [0.3, 0.4) is 0 Å². The molecular weight excluding hydrogens is 244 g/mol. The van der Waals surface area contributed by atoms with E-state index in [0.29, 0.717) is 12.5 Å². The maximum absolute atomic E-state index is 6.34. The number of benzene rings is 1. The van der Waals surface area contributed by atoms with Crippen LogP contribution in [-0.4, -0.2) is 6.61 Å². The summed E-state index contributed by atoms with van der Waals surface area (Å²) in [5.74, 6) is 7.35. The number of rotatable bonds is 4. The summed E-state index contributed by atoms with van der Waals surface area (Å²) >= 11 is 6.34. The zero-order valence-corrected chi connectivity index (χ0v) is 12.6. The monoisotopic (exact) mass is 264 g/mol. The van der Waals surface area contributed by atoms with Gasteiger partial charge in [-0.2, -0.15) is 0 Å². The van der Waals surface area contributed by atoms with Gasteiger partial charge in [0.25, 0.3) is 0 Å². The van der Waals surface area contributed by atoms with E-state index in [1.807, 2.05) is 26.8 Å². The van der Waals surface area contributed by atoms with Gasteiger partial charge >= 0.3 is 0 Å². The highest BCUT2D eigenvalue weighted by Gasteiger charge is 2.17. The van der Waals surface area contributed by atoms with Crippen LogP contribution in [0.25, 0.3) is 0 Å². The highest BCUT2D eigenvalue weighted by Crippen LogP contribution is 2.37. The summed E-state index contributed by atoms with van der Waals surface area (Å²) in [6, 6.07) is 2.03. The lowest BCUT2D eigenvalue weighted by Gasteiger charge is -2.20. The molecule has 18 heavy (non-hydrogen) atoms. The Morgan fingerprint density at radius 3 is 2.61 bits per heavy atom. The largest absolute Gasteiger partial charge is 0.494 e. The third kappa shape index (κ3) is 3.21. The van der Waals surface area contributed by atoms with Crippen LogP contribution in [0.15, 0.2) is 6.07 Å². The molecule has 98 valence electrons. The molecule has 0 aliphatic heterocycles. The van der Waals surface area contributed by atoms with E-state index in [1.54, 1.807) is 0 Å². The molecule has 0 heterocycles. The molecule has 0 aliphatic carbocycles. The number of halogens is 1. The van der Waals surface area contributed by atoms with Crippen LogP contribution in [0.2, 0.25) is 5.02 Å². The quantitative estimate of drug-likeness (QED) is 0.705. The van der Waals surface area contributed by atoms with Crippen molar-refractivity contribution < 1.29 is 4.74 Å². The van der Waals surface area contributed by atoms with Gasteiger partial charge in [-0.15, -0.1) is 11.8 Å². The second-order valence-electron chi connectivity index (χ2n) is 4.51. The Labute approximate surface area is 115 Å². The third-order valence-corrected chi connectivity index (χ3v) is 3.65. The maximum Gasteiger partial charge on any atom is 0.123 e. The fourth-order valence-corrected chi connectivity index (χ4v) is 2.34. The average molecular weight is 265 g/mol. The van der Waals surface area contributed by atoms with Crippen LogP contribution in [0.1, 0.15) is 49.8 Å². The SMILES string of the molecule is CC#CCC(C)c1c(OCC)cc(C)c(Cl)c1C. The van der Waals surface area contributed by atoms with Crippen molar-refractivity contribution in [2.45, 2.75) is 47.0 Å². The second kappa shape index (κ2) is 6.71. The molecule has 0 aromatic heterocycles. The van der Waals surface area contributed by atoms with Gasteiger partial charge in [0.1, 0.15) is 5.75 Å². The number of aryl methyl sites for hydroxylation is 1. The van der Waals surface area contributed by atoms with Crippen molar-refractivity contribution in [1.29, 1.82) is 0 Å². The van der Waals surface area contributed by atoms with Crippen LogP contribution < -0.4 is 4.74 Å². The summed E-state index contributed by atoms with van der Waals surface area (Å²) in [7, 11) is 0. The normalized spacial score (nSPS) is 11.7. The lowest BCUT2D eigenvalue weighted by Crippen LogP contribution is -2.04. The first-order valence-electron chi connectivity index (χ1n) is 6.34. The smallest absolute Gasteiger partial charge is 0.123 e. The van der Waals surface area contributed by atoms with Gasteiger partial charge in [-0.3, -0.25) is 0 Å². The molecule has 0 aliphatic rings. The zero-order chi connectivity index (χ0) is 13.7. The molecule has 0 radical (unpaired) electrons. The Bertz CT molecular complexity index is 480. The van der Waals surface area contributed by atoms with Crippen LogP contribution >= 0.6 is 11.6 Å². The van der Waals surface area contributed by atoms with Crippen molar-refractivity contribution in [2.24, 2.45) is 0 Å². The molecule has 0 saturated carbocycles. The first-order valence-corrected chi connectivity index (χ1v) is 6.72. The predicted molar refractivity (Wildman–Crippen MR) is 78.6 cm³/mol. The minimum Gasteiger partial charge on any atom is -0.494 e. The van der Waals surface area contributed by atoms with Crippen molar-refractivity contribution in [1.82, 2.24) is 0 Å². The average Bonchev–Trinajstić information content (AvgIpc) is 2.34. The molecule has 1 unspecified atom stereocenters. The highest BCUT2D eigenvalue weighted by molar-refractivity contribution is 6.32. The van der Waals surface area contributed by atoms with E-state index in [9.17, 15) is 0 Å². The summed E-state index contributed by atoms with van der Waals surface area (Å²) in [5.41, 5.74) is 3.37. The Morgan fingerprint density at radius 1 is 1.39 bits per heavy atom. The first kappa shape index (κ1) is 14.9. The van der Waals surface area contributed by atoms with E-state index in [4.69, 9.17) is 16.3 Å². The van der Waals surface area contributed by atoms with Crippen LogP contribution in [-0.2, 0) is 0 Å². The summed E-state index contributed by atoms with van der Waals surface area (Å²) < 4.78 is 5.75. The Kier molecular flexibility index (Phi) is 5.56. The molecule has 1 aromatic carbocycles. The van der Waals surface area contributed by atoms with E-state index in [-0.39, 0.29) is 0 Å². The predicted octanol–water partition coefficient (Wildman–Crippen LogP) is 4.87. The molecule has 1 nitrogen and oxygen atoms in total. The summed E-state index contributed by atoms with van der Waals surface area (Å²) in [6.45, 7) is 10.8. The lowest BCUT2D eigenvalue weighted by atomic mass is 9.91. The highest BCUT2D eigenvalue weighted by atomic mass is 35.5. The standard InChI is InChI=1S/C16H21ClO/c1-6-8-9-11(3)15-13(5)16(17)12(4)10-14(15)18-7-2/h10-11H,7,9H2,1-5H3. The Balaban J connectivity index is 3.27. The van der Waals surface area contributed by atoms with Crippen molar-refractivity contribution in [3.05, 3.63) is 27.8 Å². The molecule has 1 rings (SSSR count). The summed E-state index contributed by atoms with van der Waals surface area (Å²) in [6.07, 6.45) is 0.830. The van der Waals surface area contributed by atoms with Gasteiger partial charge in [0.15, 0.2) is 0 Å².